The molecule has 2 N–H and O–H groups in total. The van der Waals surface area contributed by atoms with E-state index in [2.05, 4.69) is 10.6 Å². The van der Waals surface area contributed by atoms with Gasteiger partial charge in [-0.05, 0) is 37.3 Å². The topological polar surface area (TPSA) is 76.7 Å². The molecule has 1 atom stereocenters. The number of hydrogen-bond acceptors (Lipinski definition) is 5. The maximum atomic E-state index is 12.3. The fraction of sp³-hybridized carbons (Fsp3) is 0.263. The zero-order valence-corrected chi connectivity index (χ0v) is 15.4. The second-order valence-electron chi connectivity index (χ2n) is 5.72. The highest BCUT2D eigenvalue weighted by Crippen LogP contribution is 2.35. The van der Waals surface area contributed by atoms with Crippen molar-refractivity contribution in [3.05, 3.63) is 48.0 Å². The normalized spacial score (nSPS) is 15.6. The van der Waals surface area contributed by atoms with E-state index >= 15 is 0 Å². The molecule has 2 aromatic carbocycles. The van der Waals surface area contributed by atoms with Crippen LogP contribution in [0.2, 0.25) is 0 Å². The maximum absolute atomic E-state index is 12.3. The number of carbonyl (C=O) groups excluding carboxylic acids is 2. The van der Waals surface area contributed by atoms with Crippen LogP contribution in [0.4, 0.5) is 5.69 Å². The lowest BCUT2D eigenvalue weighted by Gasteiger charge is -2.21. The van der Waals surface area contributed by atoms with Crippen molar-refractivity contribution in [2.75, 3.05) is 25.6 Å². The van der Waals surface area contributed by atoms with E-state index in [0.29, 0.717) is 35.9 Å². The molecule has 7 heteroatoms. The van der Waals surface area contributed by atoms with Crippen molar-refractivity contribution in [1.29, 1.82) is 0 Å². The van der Waals surface area contributed by atoms with Crippen LogP contribution >= 0.6 is 11.8 Å². The van der Waals surface area contributed by atoms with E-state index in [4.69, 9.17) is 9.47 Å². The molecule has 0 aliphatic carbocycles. The number of ether oxygens (including phenoxy) is 2. The molecule has 0 radical (unpaired) electrons. The molecule has 1 aliphatic heterocycles. The number of benzene rings is 2. The lowest BCUT2D eigenvalue weighted by atomic mass is 10.1. The van der Waals surface area contributed by atoms with Gasteiger partial charge in [-0.3, -0.25) is 9.59 Å². The Labute approximate surface area is 156 Å². The Hall–Kier alpha value is -2.67. The van der Waals surface area contributed by atoms with Crippen molar-refractivity contribution in [3.63, 3.8) is 0 Å². The zero-order chi connectivity index (χ0) is 18.5. The number of nitrogens with one attached hydrogen (secondary N) is 2. The molecule has 0 saturated heterocycles. The van der Waals surface area contributed by atoms with E-state index in [1.54, 1.807) is 19.2 Å². The summed E-state index contributed by atoms with van der Waals surface area (Å²) >= 11 is 1.49. The summed E-state index contributed by atoms with van der Waals surface area (Å²) in [6, 6.07) is 12.7. The van der Waals surface area contributed by atoms with Crippen LogP contribution in [0, 0.1) is 0 Å². The molecule has 0 spiro atoms. The Morgan fingerprint density at radius 2 is 2.00 bits per heavy atom. The summed E-state index contributed by atoms with van der Waals surface area (Å²) in [5.41, 5.74) is 1.17. The summed E-state index contributed by atoms with van der Waals surface area (Å²) in [6.45, 7) is 2.53. The largest absolute Gasteiger partial charge is 0.493 e. The monoisotopic (exact) mass is 372 g/mol. The van der Waals surface area contributed by atoms with Crippen molar-refractivity contribution < 1.29 is 19.1 Å². The van der Waals surface area contributed by atoms with Crippen LogP contribution in [0.1, 0.15) is 17.3 Å². The number of anilines is 1. The summed E-state index contributed by atoms with van der Waals surface area (Å²) in [6.07, 6.45) is 0. The molecule has 2 aromatic rings. The number of methoxy groups -OCH3 is 1. The van der Waals surface area contributed by atoms with Crippen LogP contribution < -0.4 is 20.1 Å². The zero-order valence-electron chi connectivity index (χ0n) is 14.6. The molecule has 2 amide bonds. The number of carbonyl (C=O) groups is 2. The third-order valence-electron chi connectivity index (χ3n) is 3.89. The fourth-order valence-corrected chi connectivity index (χ4v) is 3.45. The number of fused-ring (bicyclic) bond motifs is 1. The number of rotatable bonds is 6. The number of thioether (sulfide) groups is 1. The first kappa shape index (κ1) is 18.1. The quantitative estimate of drug-likeness (QED) is 0.763. The van der Waals surface area contributed by atoms with Gasteiger partial charge in [0.15, 0.2) is 11.5 Å². The van der Waals surface area contributed by atoms with Crippen LogP contribution in [0.15, 0.2) is 47.4 Å². The average Bonchev–Trinajstić information content (AvgIpc) is 2.66. The molecule has 0 unspecified atom stereocenters. The Balaban J connectivity index is 1.54. The number of amides is 2. The first-order valence-electron chi connectivity index (χ1n) is 8.24. The van der Waals surface area contributed by atoms with Gasteiger partial charge in [-0.15, -0.1) is 11.8 Å². The first-order chi connectivity index (χ1) is 12.6. The van der Waals surface area contributed by atoms with E-state index in [-0.39, 0.29) is 17.1 Å². The van der Waals surface area contributed by atoms with Crippen molar-refractivity contribution in [2.45, 2.75) is 17.1 Å². The highest BCUT2D eigenvalue weighted by molar-refractivity contribution is 8.00. The van der Waals surface area contributed by atoms with Gasteiger partial charge in [-0.2, -0.15) is 0 Å². The van der Waals surface area contributed by atoms with Gasteiger partial charge in [-0.1, -0.05) is 12.1 Å². The second-order valence-corrected chi connectivity index (χ2v) is 7.10. The standard InChI is InChI=1S/C19H20N2O4S/c1-12-18(22)21-14-11-13(7-8-17(14)26-12)19(23)20-9-10-25-16-6-4-3-5-15(16)24-2/h3-8,11-12H,9-10H2,1-2H3,(H,20,23)(H,21,22)/t12-/m0/s1. The van der Waals surface area contributed by atoms with Gasteiger partial charge in [0.05, 0.1) is 24.6 Å². The van der Waals surface area contributed by atoms with Crippen LogP contribution in [0.5, 0.6) is 11.5 Å². The van der Waals surface area contributed by atoms with Gasteiger partial charge in [0.1, 0.15) is 6.61 Å². The molecule has 3 rings (SSSR count). The van der Waals surface area contributed by atoms with Crippen molar-refractivity contribution in [2.24, 2.45) is 0 Å². The minimum absolute atomic E-state index is 0.0507. The molecule has 0 fully saturated rings. The lowest BCUT2D eigenvalue weighted by molar-refractivity contribution is -0.115. The van der Waals surface area contributed by atoms with Gasteiger partial charge >= 0.3 is 0 Å². The van der Waals surface area contributed by atoms with Crippen molar-refractivity contribution in [3.8, 4) is 11.5 Å². The molecule has 1 aliphatic rings. The minimum Gasteiger partial charge on any atom is -0.493 e. The lowest BCUT2D eigenvalue weighted by Crippen LogP contribution is -2.29. The van der Waals surface area contributed by atoms with E-state index in [9.17, 15) is 9.59 Å². The summed E-state index contributed by atoms with van der Waals surface area (Å²) in [5.74, 6) is 1.02. The molecule has 0 bridgehead atoms. The molecular weight excluding hydrogens is 352 g/mol. The SMILES string of the molecule is COc1ccccc1OCCNC(=O)c1ccc2c(c1)NC(=O)[C@H](C)S2. The van der Waals surface area contributed by atoms with Gasteiger partial charge in [-0.25, -0.2) is 0 Å². The first-order valence-corrected chi connectivity index (χ1v) is 9.12. The van der Waals surface area contributed by atoms with Crippen LogP contribution in [0.3, 0.4) is 0 Å². The van der Waals surface area contributed by atoms with E-state index in [1.165, 1.54) is 11.8 Å². The van der Waals surface area contributed by atoms with Gasteiger partial charge in [0, 0.05) is 10.5 Å². The molecule has 1 heterocycles. The smallest absolute Gasteiger partial charge is 0.251 e. The average molecular weight is 372 g/mol. The Kier molecular flexibility index (Phi) is 5.68. The summed E-state index contributed by atoms with van der Waals surface area (Å²) in [7, 11) is 1.58. The Bertz CT molecular complexity index is 825. The fourth-order valence-electron chi connectivity index (χ4n) is 2.52. The molecule has 136 valence electrons. The number of para-hydroxylation sites is 2. The van der Waals surface area contributed by atoms with Gasteiger partial charge < -0.3 is 20.1 Å². The Morgan fingerprint density at radius 1 is 1.23 bits per heavy atom. The summed E-state index contributed by atoms with van der Waals surface area (Å²) in [5, 5.41) is 5.51. The van der Waals surface area contributed by atoms with Crippen molar-refractivity contribution in [1.82, 2.24) is 5.32 Å². The highest BCUT2D eigenvalue weighted by atomic mass is 32.2. The molecular formula is C19H20N2O4S. The van der Waals surface area contributed by atoms with E-state index in [0.717, 1.165) is 4.90 Å². The molecule has 0 saturated carbocycles. The van der Waals surface area contributed by atoms with Crippen LogP contribution in [0.25, 0.3) is 0 Å². The van der Waals surface area contributed by atoms with E-state index < -0.39 is 0 Å². The maximum Gasteiger partial charge on any atom is 0.251 e. The third kappa shape index (κ3) is 4.11. The van der Waals surface area contributed by atoms with Crippen LogP contribution in [-0.2, 0) is 4.79 Å². The third-order valence-corrected chi connectivity index (χ3v) is 5.06. The summed E-state index contributed by atoms with van der Waals surface area (Å²) in [4.78, 5) is 25.0. The van der Waals surface area contributed by atoms with Crippen molar-refractivity contribution >= 4 is 29.3 Å². The predicted octanol–water partition coefficient (Wildman–Crippen LogP) is 2.94. The second kappa shape index (κ2) is 8.14. The minimum atomic E-state index is -0.214. The predicted molar refractivity (Wildman–Crippen MR) is 101 cm³/mol. The number of hydrogen-bond donors (Lipinski definition) is 2. The molecule has 0 aromatic heterocycles. The highest BCUT2D eigenvalue weighted by Gasteiger charge is 2.23. The van der Waals surface area contributed by atoms with E-state index in [1.807, 2.05) is 37.3 Å². The summed E-state index contributed by atoms with van der Waals surface area (Å²) < 4.78 is 10.8. The van der Waals surface area contributed by atoms with Crippen LogP contribution in [-0.4, -0.2) is 37.3 Å². The van der Waals surface area contributed by atoms with Gasteiger partial charge in [0.25, 0.3) is 5.91 Å². The Morgan fingerprint density at radius 3 is 2.77 bits per heavy atom. The van der Waals surface area contributed by atoms with Gasteiger partial charge in [0.2, 0.25) is 5.91 Å². The molecule has 26 heavy (non-hydrogen) atoms. The molecule has 6 nitrogen and oxygen atoms in total.